The molecule has 0 atom stereocenters. The molecule has 1 aliphatic carbocycles. The molecular weight excluding hydrogens is 447 g/mol. The number of halogens is 3. The van der Waals surface area contributed by atoms with E-state index in [1.807, 2.05) is 0 Å². The largest absolute Gasteiger partial charge is 0.489 e. The summed E-state index contributed by atoms with van der Waals surface area (Å²) in [5, 5.41) is 3.25. The number of rotatable bonds is 8. The lowest BCUT2D eigenvalue weighted by molar-refractivity contribution is -0.137. The average Bonchev–Trinajstić information content (AvgIpc) is 3.34. The van der Waals surface area contributed by atoms with E-state index in [4.69, 9.17) is 14.2 Å². The van der Waals surface area contributed by atoms with Gasteiger partial charge < -0.3 is 19.5 Å². The monoisotopic (exact) mass is 467 g/mol. The van der Waals surface area contributed by atoms with Crippen LogP contribution < -0.4 is 14.8 Å². The zero-order valence-corrected chi connectivity index (χ0v) is 17.9. The van der Waals surface area contributed by atoms with Crippen LogP contribution in [0.1, 0.15) is 22.4 Å². The number of hydrogen-bond donors (Lipinski definition) is 1. The highest BCUT2D eigenvalue weighted by molar-refractivity contribution is 7.18. The molecule has 0 saturated heterocycles. The molecule has 0 fully saturated rings. The Hall–Kier alpha value is -2.92. The molecule has 4 rings (SSSR count). The van der Waals surface area contributed by atoms with E-state index in [2.05, 4.69) is 15.3 Å². The molecule has 0 aliphatic heterocycles. The van der Waals surface area contributed by atoms with E-state index < -0.39 is 24.3 Å². The number of carbonyl (C=O) groups excluding carboxylic acids is 1. The third-order valence-electron chi connectivity index (χ3n) is 4.93. The van der Waals surface area contributed by atoms with Crippen LogP contribution >= 0.6 is 11.3 Å². The maximum Gasteiger partial charge on any atom is 0.416 e. The van der Waals surface area contributed by atoms with Gasteiger partial charge in [0.05, 0.1) is 23.2 Å². The van der Waals surface area contributed by atoms with Gasteiger partial charge in [-0.1, -0.05) is 0 Å². The van der Waals surface area contributed by atoms with Crippen molar-refractivity contribution in [2.45, 2.75) is 25.4 Å². The Kier molecular flexibility index (Phi) is 6.47. The first kappa shape index (κ1) is 22.3. The number of aromatic nitrogens is 2. The zero-order chi connectivity index (χ0) is 22.7. The molecule has 32 heavy (non-hydrogen) atoms. The predicted octanol–water partition coefficient (Wildman–Crippen LogP) is 4.24. The van der Waals surface area contributed by atoms with Gasteiger partial charge in [0.15, 0.2) is 6.61 Å². The Balaban J connectivity index is 1.49. The van der Waals surface area contributed by atoms with Gasteiger partial charge in [-0.05, 0) is 43.0 Å². The van der Waals surface area contributed by atoms with Crippen LogP contribution in [-0.2, 0) is 28.5 Å². The molecule has 0 unspecified atom stereocenters. The number of amides is 1. The number of fused-ring (bicyclic) bond motifs is 3. The Bertz CT molecular complexity index is 1130. The Labute approximate surface area is 185 Å². The number of thiophene rings is 1. The molecule has 170 valence electrons. The van der Waals surface area contributed by atoms with Gasteiger partial charge in [0.1, 0.15) is 23.5 Å². The van der Waals surface area contributed by atoms with Gasteiger partial charge in [0.25, 0.3) is 5.91 Å². The third-order valence-corrected chi connectivity index (χ3v) is 6.13. The van der Waals surface area contributed by atoms with E-state index in [0.29, 0.717) is 5.88 Å². The molecule has 1 aliphatic rings. The maximum atomic E-state index is 13.1. The standard InChI is InChI=1S/C21H20F3N3O4S/c1-29-7-8-30-15-6-5-12(21(22,23)24)9-14(15)27-17(28)10-31-19-18-13-3-2-4-16(13)32-20(18)26-11-25-19/h5-6,9,11H,2-4,7-8,10H2,1H3,(H,27,28). The zero-order valence-electron chi connectivity index (χ0n) is 17.1. The molecule has 1 aromatic carbocycles. The topological polar surface area (TPSA) is 82.6 Å². The van der Waals surface area contributed by atoms with Crippen molar-refractivity contribution < 1.29 is 32.2 Å². The maximum absolute atomic E-state index is 13.1. The van der Waals surface area contributed by atoms with E-state index in [0.717, 1.165) is 53.2 Å². The minimum absolute atomic E-state index is 0.100. The molecular formula is C21H20F3N3O4S. The van der Waals surface area contributed by atoms with E-state index in [1.165, 1.54) is 18.3 Å². The highest BCUT2D eigenvalue weighted by Gasteiger charge is 2.31. The molecule has 2 heterocycles. The summed E-state index contributed by atoms with van der Waals surface area (Å²) in [7, 11) is 1.48. The van der Waals surface area contributed by atoms with Crippen molar-refractivity contribution in [1.29, 1.82) is 0 Å². The fourth-order valence-electron chi connectivity index (χ4n) is 3.49. The second-order valence-corrected chi connectivity index (χ2v) is 8.19. The van der Waals surface area contributed by atoms with Crippen molar-refractivity contribution in [2.75, 3.05) is 32.2 Å². The number of carbonyl (C=O) groups is 1. The number of benzene rings is 1. The molecule has 1 amide bonds. The van der Waals surface area contributed by atoms with Gasteiger partial charge in [0, 0.05) is 12.0 Å². The van der Waals surface area contributed by atoms with Crippen LogP contribution in [0.4, 0.5) is 18.9 Å². The van der Waals surface area contributed by atoms with Crippen LogP contribution in [0.2, 0.25) is 0 Å². The third kappa shape index (κ3) is 4.78. The summed E-state index contributed by atoms with van der Waals surface area (Å²) >= 11 is 1.59. The lowest BCUT2D eigenvalue weighted by atomic mass is 10.1. The minimum atomic E-state index is -4.56. The molecule has 2 aromatic heterocycles. The SMILES string of the molecule is COCCOc1ccc(C(F)(F)F)cc1NC(=O)COc1ncnc2sc3c(c12)CCC3. The highest BCUT2D eigenvalue weighted by atomic mass is 32.1. The first-order valence-corrected chi connectivity index (χ1v) is 10.7. The number of aryl methyl sites for hydroxylation is 2. The normalized spacial score (nSPS) is 13.2. The molecule has 11 heteroatoms. The molecule has 0 radical (unpaired) electrons. The fourth-order valence-corrected chi connectivity index (χ4v) is 4.71. The second-order valence-electron chi connectivity index (χ2n) is 7.10. The molecule has 3 aromatic rings. The summed E-state index contributed by atoms with van der Waals surface area (Å²) in [6, 6.07) is 2.88. The summed E-state index contributed by atoms with van der Waals surface area (Å²) in [5.41, 5.74) is 0.139. The fraction of sp³-hybridized carbons (Fsp3) is 0.381. The molecule has 7 nitrogen and oxygen atoms in total. The summed E-state index contributed by atoms with van der Waals surface area (Å²) in [5.74, 6) is -0.242. The molecule has 0 bridgehead atoms. The predicted molar refractivity (Wildman–Crippen MR) is 112 cm³/mol. The Morgan fingerprint density at radius 2 is 2.03 bits per heavy atom. The lowest BCUT2D eigenvalue weighted by Gasteiger charge is -2.15. The van der Waals surface area contributed by atoms with Crippen molar-refractivity contribution in [3.8, 4) is 11.6 Å². The number of methoxy groups -OCH3 is 1. The minimum Gasteiger partial charge on any atom is -0.489 e. The first-order chi connectivity index (χ1) is 15.4. The van der Waals surface area contributed by atoms with Gasteiger partial charge in [-0.2, -0.15) is 13.2 Å². The van der Waals surface area contributed by atoms with Crippen molar-refractivity contribution in [2.24, 2.45) is 0 Å². The lowest BCUT2D eigenvalue weighted by Crippen LogP contribution is -2.21. The smallest absolute Gasteiger partial charge is 0.416 e. The highest BCUT2D eigenvalue weighted by Crippen LogP contribution is 2.40. The Morgan fingerprint density at radius 1 is 1.19 bits per heavy atom. The van der Waals surface area contributed by atoms with Crippen LogP contribution in [0.3, 0.4) is 0 Å². The van der Waals surface area contributed by atoms with E-state index in [1.54, 1.807) is 11.3 Å². The Morgan fingerprint density at radius 3 is 2.81 bits per heavy atom. The second kappa shape index (κ2) is 9.29. The van der Waals surface area contributed by atoms with Gasteiger partial charge >= 0.3 is 6.18 Å². The summed E-state index contributed by atoms with van der Waals surface area (Å²) in [6.07, 6.45) is -0.259. The first-order valence-electron chi connectivity index (χ1n) is 9.87. The van der Waals surface area contributed by atoms with Gasteiger partial charge in [-0.15, -0.1) is 11.3 Å². The molecule has 1 N–H and O–H groups in total. The van der Waals surface area contributed by atoms with Gasteiger partial charge in [0.2, 0.25) is 5.88 Å². The number of nitrogens with zero attached hydrogens (tertiary/aromatic N) is 2. The molecule has 0 spiro atoms. The van der Waals surface area contributed by atoms with Crippen LogP contribution in [0.5, 0.6) is 11.6 Å². The molecule has 0 saturated carbocycles. The van der Waals surface area contributed by atoms with E-state index in [-0.39, 0.29) is 24.7 Å². The number of ether oxygens (including phenoxy) is 3. The van der Waals surface area contributed by atoms with Crippen molar-refractivity contribution in [1.82, 2.24) is 9.97 Å². The number of hydrogen-bond acceptors (Lipinski definition) is 7. The summed E-state index contributed by atoms with van der Waals surface area (Å²) in [4.78, 5) is 23.0. The van der Waals surface area contributed by atoms with Crippen LogP contribution in [0.25, 0.3) is 10.2 Å². The quantitative estimate of drug-likeness (QED) is 0.499. The number of nitrogens with one attached hydrogen (secondary N) is 1. The summed E-state index contributed by atoms with van der Waals surface area (Å²) in [6.45, 7) is -0.0693. The number of alkyl halides is 3. The van der Waals surface area contributed by atoms with Crippen molar-refractivity contribution in [3.63, 3.8) is 0 Å². The van der Waals surface area contributed by atoms with Crippen molar-refractivity contribution in [3.05, 3.63) is 40.5 Å². The summed E-state index contributed by atoms with van der Waals surface area (Å²) < 4.78 is 55.3. The van der Waals surface area contributed by atoms with Crippen LogP contribution in [0.15, 0.2) is 24.5 Å². The average molecular weight is 467 g/mol. The number of anilines is 1. The van der Waals surface area contributed by atoms with Crippen LogP contribution in [-0.4, -0.2) is 42.8 Å². The van der Waals surface area contributed by atoms with Gasteiger partial charge in [-0.3, -0.25) is 4.79 Å². The van der Waals surface area contributed by atoms with Crippen LogP contribution in [0, 0.1) is 0 Å². The van der Waals surface area contributed by atoms with E-state index >= 15 is 0 Å². The van der Waals surface area contributed by atoms with Gasteiger partial charge in [-0.25, -0.2) is 9.97 Å². The van der Waals surface area contributed by atoms with E-state index in [9.17, 15) is 18.0 Å². The van der Waals surface area contributed by atoms with Crippen molar-refractivity contribution >= 4 is 33.1 Å².